The van der Waals surface area contributed by atoms with Gasteiger partial charge in [0.25, 0.3) is 11.5 Å². The summed E-state index contributed by atoms with van der Waals surface area (Å²) in [6.07, 6.45) is 2.98. The van der Waals surface area contributed by atoms with Crippen LogP contribution in [0.5, 0.6) is 0 Å². The summed E-state index contributed by atoms with van der Waals surface area (Å²) < 4.78 is 14.9. The van der Waals surface area contributed by atoms with Gasteiger partial charge >= 0.3 is 0 Å². The largest absolute Gasteiger partial charge is 0.332 e. The summed E-state index contributed by atoms with van der Waals surface area (Å²) >= 11 is 5.31. The van der Waals surface area contributed by atoms with Crippen LogP contribution >= 0.6 is 12.2 Å². The highest BCUT2D eigenvalue weighted by Gasteiger charge is 2.11. The Hall–Kier alpha value is -2.80. The van der Waals surface area contributed by atoms with Crippen molar-refractivity contribution in [2.75, 3.05) is 5.32 Å². The van der Waals surface area contributed by atoms with Crippen LogP contribution in [0.2, 0.25) is 0 Å². The molecule has 0 fully saturated rings. The highest BCUT2D eigenvalue weighted by molar-refractivity contribution is 7.71. The number of amides is 1. The number of hydrogen-bond donors (Lipinski definition) is 2. The van der Waals surface area contributed by atoms with Gasteiger partial charge in [-0.3, -0.25) is 14.2 Å². The minimum atomic E-state index is -0.374. The monoisotopic (exact) mass is 385 g/mol. The molecule has 5 nitrogen and oxygen atoms in total. The first-order valence-corrected chi connectivity index (χ1v) is 9.24. The van der Waals surface area contributed by atoms with Gasteiger partial charge < -0.3 is 10.3 Å². The Kier molecular flexibility index (Phi) is 5.81. The Morgan fingerprint density at radius 3 is 2.63 bits per heavy atom. The number of hydrogen-bond acceptors (Lipinski definition) is 3. The lowest BCUT2D eigenvalue weighted by Crippen LogP contribution is -2.22. The smallest absolute Gasteiger partial charge is 0.262 e. The normalized spacial score (nSPS) is 10.9. The molecule has 0 aliphatic rings. The predicted molar refractivity (Wildman–Crippen MR) is 107 cm³/mol. The maximum atomic E-state index is 13.0. The molecule has 3 aromatic rings. The van der Waals surface area contributed by atoms with Crippen molar-refractivity contribution in [2.45, 2.75) is 32.7 Å². The zero-order valence-corrected chi connectivity index (χ0v) is 15.7. The quantitative estimate of drug-likeness (QED) is 0.480. The van der Waals surface area contributed by atoms with Gasteiger partial charge in [0, 0.05) is 17.8 Å². The fraction of sp³-hybridized carbons (Fsp3) is 0.250. The minimum absolute atomic E-state index is 0.157. The van der Waals surface area contributed by atoms with E-state index in [1.54, 1.807) is 22.8 Å². The van der Waals surface area contributed by atoms with Gasteiger partial charge in [0.15, 0.2) is 4.77 Å². The number of anilines is 1. The average molecular weight is 385 g/mol. The zero-order valence-electron chi connectivity index (χ0n) is 14.9. The molecule has 3 rings (SSSR count). The van der Waals surface area contributed by atoms with Gasteiger partial charge in [-0.05, 0) is 61.1 Å². The van der Waals surface area contributed by atoms with Crippen molar-refractivity contribution in [3.63, 3.8) is 0 Å². The number of aromatic nitrogens is 2. The van der Waals surface area contributed by atoms with E-state index in [-0.39, 0.29) is 17.3 Å². The highest BCUT2D eigenvalue weighted by atomic mass is 32.1. The SMILES string of the molecule is CCCCCn1c(=S)[nH]c2cc(C(=O)Nc3ccc(F)cc3)ccc2c1=O. The zero-order chi connectivity index (χ0) is 19.4. The molecule has 2 aromatic carbocycles. The number of unbranched alkanes of at least 4 members (excludes halogenated alkanes) is 2. The molecule has 1 amide bonds. The molecular formula is C20H20FN3O2S. The van der Waals surface area contributed by atoms with Gasteiger partial charge in [-0.15, -0.1) is 0 Å². The van der Waals surface area contributed by atoms with E-state index in [9.17, 15) is 14.0 Å². The number of carbonyl (C=O) groups is 1. The maximum Gasteiger partial charge on any atom is 0.262 e. The lowest BCUT2D eigenvalue weighted by molar-refractivity contribution is 0.102. The van der Waals surface area contributed by atoms with Crippen molar-refractivity contribution in [2.24, 2.45) is 0 Å². The highest BCUT2D eigenvalue weighted by Crippen LogP contribution is 2.14. The van der Waals surface area contributed by atoms with Crippen LogP contribution in [-0.4, -0.2) is 15.5 Å². The lowest BCUT2D eigenvalue weighted by Gasteiger charge is -2.09. The standard InChI is InChI=1S/C20H20FN3O2S/c1-2-3-4-11-24-19(26)16-10-5-13(12-17(16)23-20(24)27)18(25)22-15-8-6-14(21)7-9-15/h5-10,12H,2-4,11H2,1H3,(H,22,25)(H,23,27). The van der Waals surface area contributed by atoms with Gasteiger partial charge in [0.2, 0.25) is 0 Å². The summed E-state index contributed by atoms with van der Waals surface area (Å²) in [5.41, 5.74) is 1.22. The second kappa shape index (κ2) is 8.26. The number of rotatable bonds is 6. The molecule has 0 bridgehead atoms. The van der Waals surface area contributed by atoms with Crippen LogP contribution in [-0.2, 0) is 6.54 Å². The van der Waals surface area contributed by atoms with Crippen LogP contribution in [0.4, 0.5) is 10.1 Å². The molecule has 0 aliphatic carbocycles. The van der Waals surface area contributed by atoms with Crippen molar-refractivity contribution >= 4 is 34.7 Å². The molecule has 0 atom stereocenters. The Morgan fingerprint density at radius 1 is 1.19 bits per heavy atom. The van der Waals surface area contributed by atoms with Gasteiger partial charge in [0.1, 0.15) is 5.82 Å². The van der Waals surface area contributed by atoms with E-state index < -0.39 is 0 Å². The lowest BCUT2D eigenvalue weighted by atomic mass is 10.1. The average Bonchev–Trinajstić information content (AvgIpc) is 2.66. The first kappa shape index (κ1) is 19.0. The minimum Gasteiger partial charge on any atom is -0.332 e. The molecular weight excluding hydrogens is 365 g/mol. The van der Waals surface area contributed by atoms with Crippen LogP contribution in [0, 0.1) is 10.6 Å². The third-order valence-electron chi connectivity index (χ3n) is 4.33. The number of fused-ring (bicyclic) bond motifs is 1. The second-order valence-electron chi connectivity index (χ2n) is 6.32. The first-order valence-electron chi connectivity index (χ1n) is 8.83. The molecule has 2 N–H and O–H groups in total. The summed E-state index contributed by atoms with van der Waals surface area (Å²) in [5, 5.41) is 3.18. The molecule has 0 saturated heterocycles. The number of nitrogens with one attached hydrogen (secondary N) is 2. The van der Waals surface area contributed by atoms with Gasteiger partial charge in [-0.2, -0.15) is 0 Å². The Labute approximate surface area is 160 Å². The number of aromatic amines is 1. The molecule has 140 valence electrons. The van der Waals surface area contributed by atoms with Crippen molar-refractivity contribution < 1.29 is 9.18 Å². The van der Waals surface area contributed by atoms with E-state index in [1.807, 2.05) is 0 Å². The number of carbonyl (C=O) groups excluding carboxylic acids is 1. The second-order valence-corrected chi connectivity index (χ2v) is 6.70. The molecule has 0 unspecified atom stereocenters. The number of benzene rings is 2. The van der Waals surface area contributed by atoms with E-state index in [4.69, 9.17) is 12.2 Å². The van der Waals surface area contributed by atoms with Crippen LogP contribution in [0.25, 0.3) is 10.9 Å². The number of halogens is 1. The van der Waals surface area contributed by atoms with Crippen LogP contribution in [0.15, 0.2) is 47.3 Å². The summed E-state index contributed by atoms with van der Waals surface area (Å²) in [5.74, 6) is -0.726. The molecule has 0 radical (unpaired) electrons. The van der Waals surface area contributed by atoms with Gasteiger partial charge in [0.05, 0.1) is 10.9 Å². The Balaban J connectivity index is 1.90. The van der Waals surface area contributed by atoms with Gasteiger partial charge in [-0.25, -0.2) is 4.39 Å². The molecule has 0 saturated carbocycles. The van der Waals surface area contributed by atoms with Crippen LogP contribution in [0.3, 0.4) is 0 Å². The van der Waals surface area contributed by atoms with E-state index >= 15 is 0 Å². The van der Waals surface area contributed by atoms with Crippen molar-refractivity contribution in [1.82, 2.24) is 9.55 Å². The van der Waals surface area contributed by atoms with E-state index in [1.165, 1.54) is 24.3 Å². The fourth-order valence-electron chi connectivity index (χ4n) is 2.86. The number of nitrogens with zero attached hydrogens (tertiary/aromatic N) is 1. The predicted octanol–water partition coefficient (Wildman–Crippen LogP) is 4.64. The van der Waals surface area contributed by atoms with Crippen LogP contribution in [0.1, 0.15) is 36.5 Å². The summed E-state index contributed by atoms with van der Waals surface area (Å²) in [6.45, 7) is 2.67. The summed E-state index contributed by atoms with van der Waals surface area (Å²) in [6, 6.07) is 10.3. The van der Waals surface area contributed by atoms with Crippen molar-refractivity contribution in [3.05, 3.63) is 69.0 Å². The van der Waals surface area contributed by atoms with Crippen LogP contribution < -0.4 is 10.9 Å². The molecule has 0 aliphatic heterocycles. The van der Waals surface area contributed by atoms with Crippen molar-refractivity contribution in [3.8, 4) is 0 Å². The number of H-pyrrole nitrogens is 1. The molecule has 27 heavy (non-hydrogen) atoms. The molecule has 1 heterocycles. The van der Waals surface area contributed by atoms with Crippen molar-refractivity contribution in [1.29, 1.82) is 0 Å². The Morgan fingerprint density at radius 2 is 1.93 bits per heavy atom. The maximum absolute atomic E-state index is 13.0. The van der Waals surface area contributed by atoms with E-state index in [0.717, 1.165) is 19.3 Å². The Bertz CT molecular complexity index is 1090. The van der Waals surface area contributed by atoms with E-state index in [2.05, 4.69) is 17.2 Å². The topological polar surface area (TPSA) is 66.9 Å². The summed E-state index contributed by atoms with van der Waals surface area (Å²) in [7, 11) is 0. The van der Waals surface area contributed by atoms with E-state index in [0.29, 0.717) is 33.5 Å². The fourth-order valence-corrected chi connectivity index (χ4v) is 3.14. The third kappa shape index (κ3) is 4.31. The molecule has 1 aromatic heterocycles. The molecule has 0 spiro atoms. The third-order valence-corrected chi connectivity index (χ3v) is 4.65. The summed E-state index contributed by atoms with van der Waals surface area (Å²) in [4.78, 5) is 28.2. The van der Waals surface area contributed by atoms with Gasteiger partial charge in [-0.1, -0.05) is 19.8 Å². The molecule has 7 heteroatoms. The first-order chi connectivity index (χ1) is 13.0.